The van der Waals surface area contributed by atoms with E-state index < -0.39 is 0 Å². The molecule has 4 heteroatoms. The topological polar surface area (TPSA) is 43.2 Å². The van der Waals surface area contributed by atoms with Crippen molar-refractivity contribution in [2.24, 2.45) is 15.9 Å². The van der Waals surface area contributed by atoms with E-state index in [1.54, 1.807) is 14.2 Å². The van der Waals surface area contributed by atoms with E-state index in [0.29, 0.717) is 24.3 Å². The van der Waals surface area contributed by atoms with E-state index in [2.05, 4.69) is 23.8 Å². The molecule has 0 aromatic rings. The van der Waals surface area contributed by atoms with Crippen molar-refractivity contribution in [3.63, 3.8) is 0 Å². The molecule has 1 atom stereocenters. The second kappa shape index (κ2) is 11.4. The second-order valence-corrected chi connectivity index (χ2v) is 3.27. The van der Waals surface area contributed by atoms with E-state index in [1.165, 1.54) is 0 Å². The monoisotopic (exact) mass is 244 g/mol. The molecule has 0 aliphatic carbocycles. The smallest absolute Gasteiger partial charge is 0.209 e. The molecule has 1 aliphatic rings. The number of aliphatic imine (C=N–C) groups is 2. The first kappa shape index (κ1) is 18.3. The maximum absolute atomic E-state index is 5.15. The van der Waals surface area contributed by atoms with E-state index >= 15 is 0 Å². The highest BCUT2D eigenvalue weighted by atomic mass is 16.5. The Labute approximate surface area is 106 Å². The van der Waals surface area contributed by atoms with E-state index in [-0.39, 0.29) is 6.04 Å². The number of rotatable bonds is 1. The van der Waals surface area contributed by atoms with E-state index in [9.17, 15) is 0 Å². The summed E-state index contributed by atoms with van der Waals surface area (Å²) in [6.07, 6.45) is 0. The van der Waals surface area contributed by atoms with Crippen LogP contribution < -0.4 is 0 Å². The Morgan fingerprint density at radius 2 is 1.59 bits per heavy atom. The van der Waals surface area contributed by atoms with Gasteiger partial charge in [-0.25, -0.2) is 9.98 Å². The maximum atomic E-state index is 5.15. The molecule has 1 aliphatic heterocycles. The Kier molecular flexibility index (Phi) is 12.3. The maximum Gasteiger partial charge on any atom is 0.209 e. The minimum absolute atomic E-state index is 0.00806. The highest BCUT2D eigenvalue weighted by molar-refractivity contribution is 5.91. The molecule has 0 saturated carbocycles. The average molecular weight is 244 g/mol. The molecular formula is C13H28N2O2. The highest BCUT2D eigenvalue weighted by Gasteiger charge is 2.24. The fraction of sp³-hybridized carbons (Fsp3) is 0.846. The van der Waals surface area contributed by atoms with Gasteiger partial charge in [0.25, 0.3) is 0 Å². The molecule has 0 bridgehead atoms. The average Bonchev–Trinajstić information content (AvgIpc) is 2.42. The fourth-order valence-corrected chi connectivity index (χ4v) is 1.23. The number of methoxy groups -OCH3 is 2. The van der Waals surface area contributed by atoms with Crippen LogP contribution in [0, 0.1) is 5.92 Å². The normalized spacial score (nSPS) is 17.8. The van der Waals surface area contributed by atoms with Crippen molar-refractivity contribution >= 4 is 11.8 Å². The van der Waals surface area contributed by atoms with Gasteiger partial charge in [0, 0.05) is 0 Å². The summed E-state index contributed by atoms with van der Waals surface area (Å²) in [5.74, 6) is 1.76. The van der Waals surface area contributed by atoms with Gasteiger partial charge in [-0.2, -0.15) is 0 Å². The van der Waals surface area contributed by atoms with Crippen molar-refractivity contribution in [1.29, 1.82) is 0 Å². The third kappa shape index (κ3) is 6.29. The first-order valence-corrected chi connectivity index (χ1v) is 6.38. The molecule has 1 heterocycles. The molecule has 1 unspecified atom stereocenters. The van der Waals surface area contributed by atoms with Gasteiger partial charge < -0.3 is 9.47 Å². The van der Waals surface area contributed by atoms with E-state index in [1.807, 2.05) is 27.7 Å². The van der Waals surface area contributed by atoms with Crippen molar-refractivity contribution in [2.45, 2.75) is 47.6 Å². The van der Waals surface area contributed by atoms with Crippen molar-refractivity contribution in [1.82, 2.24) is 0 Å². The van der Waals surface area contributed by atoms with Crippen LogP contribution in [0.25, 0.3) is 0 Å². The Bertz CT molecular complexity index is 236. The molecule has 0 aromatic heterocycles. The standard InChI is InChI=1S/C9H16N2O2.2C2H6/c1-6(2)8-9(13-4)10-5-7(11-8)12-3;2*1-2/h6,8H,5H2,1-4H3;2*1-2H3. The Balaban J connectivity index is 0. The Morgan fingerprint density at radius 1 is 1.06 bits per heavy atom. The molecule has 0 aromatic carbocycles. The van der Waals surface area contributed by atoms with Crippen LogP contribution >= 0.6 is 0 Å². The van der Waals surface area contributed by atoms with E-state index in [0.717, 1.165) is 0 Å². The predicted octanol–water partition coefficient (Wildman–Crippen LogP) is 3.17. The second-order valence-electron chi connectivity index (χ2n) is 3.27. The summed E-state index contributed by atoms with van der Waals surface area (Å²) in [7, 11) is 3.24. The summed E-state index contributed by atoms with van der Waals surface area (Å²) in [4.78, 5) is 8.63. The van der Waals surface area contributed by atoms with Crippen molar-refractivity contribution in [3.05, 3.63) is 0 Å². The number of hydrogen-bond acceptors (Lipinski definition) is 4. The zero-order valence-corrected chi connectivity index (χ0v) is 12.6. The van der Waals surface area contributed by atoms with Crippen LogP contribution in [-0.4, -0.2) is 38.6 Å². The van der Waals surface area contributed by atoms with Gasteiger partial charge in [-0.1, -0.05) is 41.5 Å². The SMILES string of the molecule is CC.CC.COC1=NC(C(C)C)C(OC)=NC1. The lowest BCUT2D eigenvalue weighted by Gasteiger charge is -2.22. The largest absolute Gasteiger partial charge is 0.483 e. The fourth-order valence-electron chi connectivity index (χ4n) is 1.23. The summed E-state index contributed by atoms with van der Waals surface area (Å²) >= 11 is 0. The summed E-state index contributed by atoms with van der Waals surface area (Å²) in [5.41, 5.74) is 0. The van der Waals surface area contributed by atoms with Gasteiger partial charge in [0.2, 0.25) is 11.8 Å². The van der Waals surface area contributed by atoms with Crippen LogP contribution in [0.3, 0.4) is 0 Å². The molecule has 17 heavy (non-hydrogen) atoms. The van der Waals surface area contributed by atoms with Crippen LogP contribution in [-0.2, 0) is 9.47 Å². The molecule has 0 amide bonds. The van der Waals surface area contributed by atoms with Gasteiger partial charge in [-0.3, -0.25) is 0 Å². The van der Waals surface area contributed by atoms with Crippen molar-refractivity contribution in [3.8, 4) is 0 Å². The zero-order valence-electron chi connectivity index (χ0n) is 12.6. The molecule has 0 fully saturated rings. The van der Waals surface area contributed by atoms with E-state index in [4.69, 9.17) is 9.47 Å². The molecule has 0 radical (unpaired) electrons. The van der Waals surface area contributed by atoms with Gasteiger partial charge in [-0.05, 0) is 5.92 Å². The number of nitrogens with zero attached hydrogens (tertiary/aromatic N) is 2. The van der Waals surface area contributed by atoms with Crippen LogP contribution in [0.4, 0.5) is 0 Å². The molecule has 102 valence electrons. The minimum atomic E-state index is 0.00806. The molecule has 4 nitrogen and oxygen atoms in total. The van der Waals surface area contributed by atoms with Gasteiger partial charge in [0.1, 0.15) is 12.6 Å². The van der Waals surface area contributed by atoms with Gasteiger partial charge >= 0.3 is 0 Å². The summed E-state index contributed by atoms with van der Waals surface area (Å²) in [6, 6.07) is 0.00806. The van der Waals surface area contributed by atoms with Crippen molar-refractivity contribution in [2.75, 3.05) is 20.8 Å². The van der Waals surface area contributed by atoms with Gasteiger partial charge in [0.05, 0.1) is 14.2 Å². The van der Waals surface area contributed by atoms with Gasteiger partial charge in [-0.15, -0.1) is 0 Å². The molecule has 0 N–H and O–H groups in total. The van der Waals surface area contributed by atoms with Gasteiger partial charge in [0.15, 0.2) is 0 Å². The Morgan fingerprint density at radius 3 is 1.94 bits per heavy atom. The first-order valence-electron chi connectivity index (χ1n) is 6.38. The van der Waals surface area contributed by atoms with Crippen molar-refractivity contribution < 1.29 is 9.47 Å². The highest BCUT2D eigenvalue weighted by Crippen LogP contribution is 2.13. The third-order valence-corrected chi connectivity index (χ3v) is 1.98. The number of hydrogen-bond donors (Lipinski definition) is 0. The number of ether oxygens (including phenoxy) is 2. The molecule has 0 saturated heterocycles. The van der Waals surface area contributed by atoms with Crippen LogP contribution in [0.5, 0.6) is 0 Å². The lowest BCUT2D eigenvalue weighted by Crippen LogP contribution is -2.32. The first-order chi connectivity index (χ1) is 8.19. The molecule has 0 spiro atoms. The summed E-state index contributed by atoms with van der Waals surface area (Å²) < 4.78 is 10.2. The lowest BCUT2D eigenvalue weighted by molar-refractivity contribution is 0.344. The third-order valence-electron chi connectivity index (χ3n) is 1.98. The van der Waals surface area contributed by atoms with Crippen LogP contribution in [0.2, 0.25) is 0 Å². The summed E-state index contributed by atoms with van der Waals surface area (Å²) in [6.45, 7) is 12.7. The quantitative estimate of drug-likeness (QED) is 0.711. The summed E-state index contributed by atoms with van der Waals surface area (Å²) in [5, 5.41) is 0. The van der Waals surface area contributed by atoms with Crippen LogP contribution in [0.15, 0.2) is 9.98 Å². The predicted molar refractivity (Wildman–Crippen MR) is 75.1 cm³/mol. The Hall–Kier alpha value is -1.06. The lowest BCUT2D eigenvalue weighted by atomic mass is 10.0. The molecular weight excluding hydrogens is 216 g/mol. The zero-order chi connectivity index (χ0) is 13.8. The minimum Gasteiger partial charge on any atom is -0.483 e. The van der Waals surface area contributed by atoms with Crippen LogP contribution in [0.1, 0.15) is 41.5 Å². The molecule has 1 rings (SSSR count).